The van der Waals surface area contributed by atoms with Crippen LogP contribution in [0.1, 0.15) is 0 Å². The lowest BCUT2D eigenvalue weighted by atomic mass is 10.3. The zero-order valence-corrected chi connectivity index (χ0v) is 15.9. The summed E-state index contributed by atoms with van der Waals surface area (Å²) >= 11 is 8.83. The van der Waals surface area contributed by atoms with Gasteiger partial charge in [-0.3, -0.25) is 4.79 Å². The molecule has 0 saturated carbocycles. The van der Waals surface area contributed by atoms with Crippen LogP contribution in [0, 0.1) is 5.82 Å². The SMILES string of the molecule is O=C(C1CSCN1S(=O)(=O)c1cccc(Cl)c1F)N1CCSCC1. The van der Waals surface area contributed by atoms with E-state index >= 15 is 0 Å². The topological polar surface area (TPSA) is 57.7 Å². The van der Waals surface area contributed by atoms with Crippen LogP contribution in [0.3, 0.4) is 0 Å². The number of thioether (sulfide) groups is 2. The molecule has 0 bridgehead atoms. The number of rotatable bonds is 3. The maximum atomic E-state index is 14.2. The van der Waals surface area contributed by atoms with E-state index in [1.807, 2.05) is 0 Å². The first-order chi connectivity index (χ1) is 11.4. The Labute approximate surface area is 153 Å². The van der Waals surface area contributed by atoms with Crippen LogP contribution in [-0.4, -0.2) is 65.8 Å². The molecule has 5 nitrogen and oxygen atoms in total. The Hall–Kier alpha value is -0.480. The van der Waals surface area contributed by atoms with Crippen molar-refractivity contribution in [3.8, 4) is 0 Å². The molecule has 1 unspecified atom stereocenters. The molecule has 2 saturated heterocycles. The normalized spacial score (nSPS) is 22.8. The van der Waals surface area contributed by atoms with Crippen LogP contribution in [0.5, 0.6) is 0 Å². The summed E-state index contributed by atoms with van der Waals surface area (Å²) in [6.45, 7) is 1.23. The summed E-state index contributed by atoms with van der Waals surface area (Å²) in [6, 6.07) is 3.07. The number of nitrogens with zero attached hydrogens (tertiary/aromatic N) is 2. The Morgan fingerprint density at radius 2 is 1.96 bits per heavy atom. The van der Waals surface area contributed by atoms with Crippen molar-refractivity contribution in [2.75, 3.05) is 36.2 Å². The molecule has 10 heteroatoms. The van der Waals surface area contributed by atoms with Gasteiger partial charge in [0, 0.05) is 30.3 Å². The van der Waals surface area contributed by atoms with Crippen molar-refractivity contribution in [3.63, 3.8) is 0 Å². The first-order valence-corrected chi connectivity index (χ1v) is 11.5. The number of benzene rings is 1. The first kappa shape index (κ1) is 18.3. The fourth-order valence-corrected chi connectivity index (χ4v) is 7.02. The molecule has 2 heterocycles. The fraction of sp³-hybridized carbons (Fsp3) is 0.500. The molecule has 0 spiro atoms. The predicted octanol–water partition coefficient (Wildman–Crippen LogP) is 2.12. The Morgan fingerprint density at radius 1 is 1.25 bits per heavy atom. The van der Waals surface area contributed by atoms with E-state index in [-0.39, 0.29) is 16.8 Å². The van der Waals surface area contributed by atoms with Crippen LogP contribution in [0.4, 0.5) is 4.39 Å². The van der Waals surface area contributed by atoms with E-state index in [9.17, 15) is 17.6 Å². The van der Waals surface area contributed by atoms with Gasteiger partial charge >= 0.3 is 0 Å². The van der Waals surface area contributed by atoms with Crippen molar-refractivity contribution < 1.29 is 17.6 Å². The van der Waals surface area contributed by atoms with Gasteiger partial charge in [0.25, 0.3) is 0 Å². The summed E-state index contributed by atoms with van der Waals surface area (Å²) in [5, 5.41) is -0.251. The van der Waals surface area contributed by atoms with Gasteiger partial charge in [0.1, 0.15) is 10.9 Å². The van der Waals surface area contributed by atoms with Gasteiger partial charge in [0.2, 0.25) is 15.9 Å². The summed E-state index contributed by atoms with van der Waals surface area (Å²) in [7, 11) is -4.12. The number of amides is 1. The van der Waals surface area contributed by atoms with Crippen molar-refractivity contribution in [2.24, 2.45) is 0 Å². The van der Waals surface area contributed by atoms with E-state index < -0.39 is 26.8 Å². The fourth-order valence-electron chi connectivity index (χ4n) is 2.66. The lowest BCUT2D eigenvalue weighted by Crippen LogP contribution is -2.51. The van der Waals surface area contributed by atoms with E-state index in [1.54, 1.807) is 16.7 Å². The molecule has 0 aromatic heterocycles. The molecule has 1 aromatic carbocycles. The maximum Gasteiger partial charge on any atom is 0.247 e. The molecule has 3 rings (SSSR count). The van der Waals surface area contributed by atoms with Gasteiger partial charge in [0.15, 0.2) is 5.82 Å². The van der Waals surface area contributed by atoms with E-state index in [4.69, 9.17) is 11.6 Å². The highest BCUT2D eigenvalue weighted by Gasteiger charge is 2.42. The Bertz CT molecular complexity index is 741. The van der Waals surface area contributed by atoms with Crippen molar-refractivity contribution in [2.45, 2.75) is 10.9 Å². The lowest BCUT2D eigenvalue weighted by molar-refractivity contribution is -0.133. The van der Waals surface area contributed by atoms with Crippen LogP contribution < -0.4 is 0 Å². The Balaban J connectivity index is 1.89. The van der Waals surface area contributed by atoms with E-state index in [1.165, 1.54) is 30.0 Å². The van der Waals surface area contributed by atoms with Gasteiger partial charge in [-0.05, 0) is 12.1 Å². The zero-order valence-electron chi connectivity index (χ0n) is 12.7. The molecular weight excluding hydrogens is 395 g/mol. The van der Waals surface area contributed by atoms with Crippen molar-refractivity contribution in [1.82, 2.24) is 9.21 Å². The van der Waals surface area contributed by atoms with Crippen LogP contribution in [0.2, 0.25) is 5.02 Å². The molecule has 2 fully saturated rings. The second-order valence-corrected chi connectivity index (χ2v) is 9.89. The smallest absolute Gasteiger partial charge is 0.247 e. The predicted molar refractivity (Wildman–Crippen MR) is 95.5 cm³/mol. The minimum absolute atomic E-state index is 0.132. The van der Waals surface area contributed by atoms with Crippen molar-refractivity contribution in [3.05, 3.63) is 29.0 Å². The largest absolute Gasteiger partial charge is 0.340 e. The van der Waals surface area contributed by atoms with Gasteiger partial charge < -0.3 is 4.90 Å². The molecule has 2 aliphatic rings. The number of carbonyl (C=O) groups is 1. The molecule has 24 heavy (non-hydrogen) atoms. The highest BCUT2D eigenvalue weighted by atomic mass is 35.5. The monoisotopic (exact) mass is 410 g/mol. The molecule has 1 aromatic rings. The Morgan fingerprint density at radius 3 is 2.67 bits per heavy atom. The van der Waals surface area contributed by atoms with Gasteiger partial charge in [-0.25, -0.2) is 12.8 Å². The van der Waals surface area contributed by atoms with Gasteiger partial charge in [-0.1, -0.05) is 17.7 Å². The first-order valence-electron chi connectivity index (χ1n) is 7.33. The average molecular weight is 411 g/mol. The van der Waals surface area contributed by atoms with Crippen LogP contribution in [-0.2, 0) is 14.8 Å². The van der Waals surface area contributed by atoms with Crippen molar-refractivity contribution >= 4 is 51.1 Å². The number of carbonyl (C=O) groups excluding carboxylic acids is 1. The number of hydrogen-bond acceptors (Lipinski definition) is 5. The highest BCUT2D eigenvalue weighted by Crippen LogP contribution is 2.32. The van der Waals surface area contributed by atoms with Crippen molar-refractivity contribution in [1.29, 1.82) is 0 Å². The zero-order chi connectivity index (χ0) is 17.3. The molecule has 132 valence electrons. The number of hydrogen-bond donors (Lipinski definition) is 0. The van der Waals surface area contributed by atoms with Gasteiger partial charge in [-0.15, -0.1) is 11.8 Å². The molecule has 1 amide bonds. The third kappa shape index (κ3) is 3.41. The molecular formula is C14H16ClFN2O3S3. The van der Waals surface area contributed by atoms with Crippen LogP contribution in [0.25, 0.3) is 0 Å². The lowest BCUT2D eigenvalue weighted by Gasteiger charge is -2.31. The summed E-state index contributed by atoms with van der Waals surface area (Å²) in [6.07, 6.45) is 0. The average Bonchev–Trinajstić information content (AvgIpc) is 3.08. The number of sulfonamides is 1. The van der Waals surface area contributed by atoms with Crippen LogP contribution in [0.15, 0.2) is 23.1 Å². The molecule has 2 aliphatic heterocycles. The summed E-state index contributed by atoms with van der Waals surface area (Å²) in [5.74, 6) is 1.03. The van der Waals surface area contributed by atoms with E-state index in [2.05, 4.69) is 0 Å². The second kappa shape index (κ2) is 7.41. The minimum Gasteiger partial charge on any atom is -0.340 e. The quantitative estimate of drug-likeness (QED) is 0.763. The van der Waals surface area contributed by atoms with E-state index in [0.717, 1.165) is 15.8 Å². The molecule has 1 atom stereocenters. The third-order valence-electron chi connectivity index (χ3n) is 3.95. The summed E-state index contributed by atoms with van der Waals surface area (Å²) in [4.78, 5) is 13.9. The summed E-state index contributed by atoms with van der Waals surface area (Å²) in [5.41, 5.74) is 0. The molecule has 0 N–H and O–H groups in total. The summed E-state index contributed by atoms with van der Waals surface area (Å²) < 4.78 is 41.0. The standard InChI is InChI=1S/C14H16ClFN2O3S3/c15-10-2-1-3-12(13(10)16)24(20,21)18-9-23-8-11(18)14(19)17-4-6-22-7-5-17/h1-3,11H,4-9H2. The highest BCUT2D eigenvalue weighted by molar-refractivity contribution is 8.00. The third-order valence-corrected chi connectivity index (χ3v) is 8.23. The molecule has 0 aliphatic carbocycles. The Kier molecular flexibility index (Phi) is 5.65. The van der Waals surface area contributed by atoms with E-state index in [0.29, 0.717) is 18.8 Å². The molecule has 0 radical (unpaired) electrons. The maximum absolute atomic E-state index is 14.2. The second-order valence-electron chi connectivity index (χ2n) is 5.40. The minimum atomic E-state index is -4.12. The number of halogens is 2. The van der Waals surface area contributed by atoms with Gasteiger partial charge in [-0.2, -0.15) is 16.1 Å². The van der Waals surface area contributed by atoms with Crippen LogP contribution >= 0.6 is 35.1 Å². The van der Waals surface area contributed by atoms with Gasteiger partial charge in [0.05, 0.1) is 10.9 Å².